The van der Waals surface area contributed by atoms with Gasteiger partial charge in [0.25, 0.3) is 0 Å². The monoisotopic (exact) mass is 519 g/mol. The second-order valence-corrected chi connectivity index (χ2v) is 10.5. The van der Waals surface area contributed by atoms with Crippen molar-refractivity contribution in [2.75, 3.05) is 5.73 Å². The summed E-state index contributed by atoms with van der Waals surface area (Å²) in [7, 11) is -4.59. The summed E-state index contributed by atoms with van der Waals surface area (Å²) in [6.07, 6.45) is 3.26. The number of aromatic amines is 1. The molecule has 5 rings (SSSR count). The second-order valence-electron chi connectivity index (χ2n) is 8.16. The molecule has 180 valence electrons. The molecule has 1 fully saturated rings. The molecule has 2 heterocycles. The Kier molecular flexibility index (Phi) is 5.76. The first kappa shape index (κ1) is 23.3. The van der Waals surface area contributed by atoms with E-state index in [9.17, 15) is 17.2 Å². The van der Waals surface area contributed by atoms with Crippen LogP contribution in [-0.2, 0) is 15.6 Å². The van der Waals surface area contributed by atoms with Crippen molar-refractivity contribution in [3.8, 4) is 22.6 Å². The van der Waals surface area contributed by atoms with Crippen LogP contribution in [0.15, 0.2) is 47.5 Å². The first-order valence-corrected chi connectivity index (χ1v) is 12.5. The summed E-state index contributed by atoms with van der Waals surface area (Å²) >= 11 is 6.22. The highest BCUT2D eigenvalue weighted by molar-refractivity contribution is 7.90. The zero-order valence-electron chi connectivity index (χ0n) is 17.9. The lowest BCUT2D eigenvalue weighted by molar-refractivity contribution is 0.518. The van der Waals surface area contributed by atoms with Crippen LogP contribution < -0.4 is 5.73 Å². The summed E-state index contributed by atoms with van der Waals surface area (Å²) in [4.78, 5) is 14.6. The number of nitrogens with one attached hydrogen (secondary N) is 1. The normalized spacial score (nSPS) is 13.8. The van der Waals surface area contributed by atoms with Gasteiger partial charge >= 0.3 is 0 Å². The van der Waals surface area contributed by atoms with Crippen molar-refractivity contribution < 1.29 is 21.6 Å². The van der Waals surface area contributed by atoms with Crippen LogP contribution >= 0.6 is 11.6 Å². The van der Waals surface area contributed by atoms with Crippen LogP contribution in [0, 0.1) is 17.5 Å². The van der Waals surface area contributed by atoms with Crippen LogP contribution in [0.2, 0.25) is 5.02 Å². The minimum Gasteiger partial charge on any atom is -0.368 e. The third kappa shape index (κ3) is 4.48. The number of sulfone groups is 1. The Morgan fingerprint density at radius 3 is 2.46 bits per heavy atom. The van der Waals surface area contributed by atoms with E-state index in [1.165, 1.54) is 12.3 Å². The molecule has 12 heteroatoms. The quantitative estimate of drug-likeness (QED) is 0.369. The van der Waals surface area contributed by atoms with Crippen molar-refractivity contribution in [2.24, 2.45) is 0 Å². The lowest BCUT2D eigenvalue weighted by Gasteiger charge is -2.11. The average molecular weight is 520 g/mol. The SMILES string of the molecule is Nc1nccc(-c2[nH]c(C3CC3)nc2-c2cc(Cl)cc(CS(=O)(=O)c3c(F)cccc3F)c2F)n1. The van der Waals surface area contributed by atoms with Crippen LogP contribution in [0.3, 0.4) is 0 Å². The minimum absolute atomic E-state index is 0.00119. The Labute approximate surface area is 203 Å². The molecule has 1 aliphatic rings. The van der Waals surface area contributed by atoms with Crippen molar-refractivity contribution in [2.45, 2.75) is 29.4 Å². The highest BCUT2D eigenvalue weighted by Crippen LogP contribution is 2.42. The minimum atomic E-state index is -4.59. The van der Waals surface area contributed by atoms with Crippen LogP contribution in [0.5, 0.6) is 0 Å². The maximum atomic E-state index is 15.8. The smallest absolute Gasteiger partial charge is 0.220 e. The number of imidazole rings is 1. The van der Waals surface area contributed by atoms with Gasteiger partial charge in [0.1, 0.15) is 33.9 Å². The highest BCUT2D eigenvalue weighted by Gasteiger charge is 2.31. The van der Waals surface area contributed by atoms with E-state index in [2.05, 4.69) is 19.9 Å². The molecule has 4 aromatic rings. The maximum absolute atomic E-state index is 15.8. The number of hydrogen-bond acceptors (Lipinski definition) is 6. The molecule has 0 aliphatic heterocycles. The molecule has 1 saturated carbocycles. The molecule has 35 heavy (non-hydrogen) atoms. The van der Waals surface area contributed by atoms with Crippen molar-refractivity contribution in [1.29, 1.82) is 0 Å². The van der Waals surface area contributed by atoms with Crippen LogP contribution in [-0.4, -0.2) is 28.4 Å². The number of H-pyrrole nitrogens is 1. The molecular weight excluding hydrogens is 503 g/mol. The van der Waals surface area contributed by atoms with Gasteiger partial charge in [-0.1, -0.05) is 17.7 Å². The fourth-order valence-electron chi connectivity index (χ4n) is 3.81. The van der Waals surface area contributed by atoms with Gasteiger partial charge in [-0.3, -0.25) is 0 Å². The predicted octanol–water partition coefficient (Wildman–Crippen LogP) is 5.04. The van der Waals surface area contributed by atoms with Crippen molar-refractivity contribution in [3.05, 3.63) is 76.5 Å². The lowest BCUT2D eigenvalue weighted by Crippen LogP contribution is -2.11. The van der Waals surface area contributed by atoms with E-state index in [1.54, 1.807) is 6.07 Å². The zero-order chi connectivity index (χ0) is 24.9. The number of halogens is 4. The van der Waals surface area contributed by atoms with E-state index in [4.69, 9.17) is 17.3 Å². The predicted molar refractivity (Wildman–Crippen MR) is 124 cm³/mol. The van der Waals surface area contributed by atoms with Gasteiger partial charge in [0, 0.05) is 28.3 Å². The van der Waals surface area contributed by atoms with Gasteiger partial charge in [-0.05, 0) is 43.2 Å². The number of hydrogen-bond donors (Lipinski definition) is 2. The molecule has 0 bridgehead atoms. The molecule has 0 unspecified atom stereocenters. The van der Waals surface area contributed by atoms with E-state index >= 15 is 4.39 Å². The van der Waals surface area contributed by atoms with E-state index in [0.717, 1.165) is 37.1 Å². The maximum Gasteiger partial charge on any atom is 0.220 e. The number of aromatic nitrogens is 4. The Morgan fingerprint density at radius 2 is 1.80 bits per heavy atom. The van der Waals surface area contributed by atoms with Gasteiger partial charge in [0.2, 0.25) is 5.95 Å². The Morgan fingerprint density at radius 1 is 1.09 bits per heavy atom. The molecule has 7 nitrogen and oxygen atoms in total. The molecule has 1 aliphatic carbocycles. The number of nitrogens with two attached hydrogens (primary N) is 1. The van der Waals surface area contributed by atoms with Gasteiger partial charge in [-0.25, -0.2) is 36.5 Å². The third-order valence-corrected chi connectivity index (χ3v) is 7.48. The average Bonchev–Trinajstić information content (AvgIpc) is 3.54. The van der Waals surface area contributed by atoms with E-state index < -0.39 is 37.9 Å². The van der Waals surface area contributed by atoms with E-state index in [1.807, 2.05) is 0 Å². The van der Waals surface area contributed by atoms with Gasteiger partial charge in [-0.2, -0.15) is 0 Å². The van der Waals surface area contributed by atoms with Gasteiger partial charge in [0.15, 0.2) is 9.84 Å². The van der Waals surface area contributed by atoms with Gasteiger partial charge < -0.3 is 10.7 Å². The molecule has 0 spiro atoms. The fourth-order valence-corrected chi connectivity index (χ4v) is 5.55. The molecule has 0 atom stereocenters. The summed E-state index contributed by atoms with van der Waals surface area (Å²) in [6.45, 7) is 0. The number of rotatable bonds is 6. The standard InChI is InChI=1S/C23H17ClF3N5O2S/c24-13-8-12(10-35(33,34)21-15(25)2-1-3-16(21)26)18(27)14(9-13)19-20(17-6-7-29-23(28)30-17)32-22(31-19)11-4-5-11/h1-3,6-9,11H,4-5,10H2,(H,31,32)(H2,28,29,30). The summed E-state index contributed by atoms with van der Waals surface area (Å²) < 4.78 is 69.8. The van der Waals surface area contributed by atoms with Crippen LogP contribution in [0.4, 0.5) is 19.1 Å². The van der Waals surface area contributed by atoms with Crippen molar-refractivity contribution in [1.82, 2.24) is 19.9 Å². The largest absolute Gasteiger partial charge is 0.368 e. The number of nitrogens with zero attached hydrogens (tertiary/aromatic N) is 3. The highest BCUT2D eigenvalue weighted by atomic mass is 35.5. The van der Waals surface area contributed by atoms with Gasteiger partial charge in [0.05, 0.1) is 17.1 Å². The molecule has 3 N–H and O–H groups in total. The van der Waals surface area contributed by atoms with Crippen LogP contribution in [0.1, 0.15) is 30.1 Å². The molecule has 0 amide bonds. The van der Waals surface area contributed by atoms with E-state index in [-0.39, 0.29) is 33.7 Å². The van der Waals surface area contributed by atoms with Gasteiger partial charge in [-0.15, -0.1) is 0 Å². The second kappa shape index (κ2) is 8.65. The summed E-state index contributed by atoms with van der Waals surface area (Å²) in [5.74, 6) is -3.69. The third-order valence-electron chi connectivity index (χ3n) is 5.56. The van der Waals surface area contributed by atoms with E-state index in [0.29, 0.717) is 17.2 Å². The number of anilines is 1. The first-order chi connectivity index (χ1) is 16.6. The first-order valence-electron chi connectivity index (χ1n) is 10.5. The Bertz CT molecular complexity index is 1550. The number of benzene rings is 2. The Hall–Kier alpha value is -3.44. The summed E-state index contributed by atoms with van der Waals surface area (Å²) in [6, 6.07) is 6.65. The number of nitrogen functional groups attached to an aromatic ring is 1. The summed E-state index contributed by atoms with van der Waals surface area (Å²) in [5, 5.41) is 0.0183. The fraction of sp³-hybridized carbons (Fsp3) is 0.174. The van der Waals surface area contributed by atoms with Crippen molar-refractivity contribution in [3.63, 3.8) is 0 Å². The molecule has 0 radical (unpaired) electrons. The van der Waals surface area contributed by atoms with Crippen molar-refractivity contribution >= 4 is 27.4 Å². The topological polar surface area (TPSA) is 115 Å². The summed E-state index contributed by atoms with van der Waals surface area (Å²) in [5.41, 5.74) is 6.13. The van der Waals surface area contributed by atoms with Crippen LogP contribution in [0.25, 0.3) is 22.6 Å². The molecule has 2 aromatic carbocycles. The molecule has 2 aromatic heterocycles. The molecule has 0 saturated heterocycles. The zero-order valence-corrected chi connectivity index (χ0v) is 19.5. The Balaban J connectivity index is 1.64. The lowest BCUT2D eigenvalue weighted by atomic mass is 10.0. The molecular formula is C23H17ClF3N5O2S.